The number of pyridine rings is 1. The minimum absolute atomic E-state index is 0.0307. The van der Waals surface area contributed by atoms with Crippen molar-refractivity contribution in [2.45, 2.75) is 23.3 Å². The van der Waals surface area contributed by atoms with Gasteiger partial charge in [-0.25, -0.2) is 4.39 Å². The van der Waals surface area contributed by atoms with Gasteiger partial charge in [-0.05, 0) is 53.9 Å². The molecule has 0 unspecified atom stereocenters. The molecule has 4 nitrogen and oxygen atoms in total. The molecule has 0 radical (unpaired) electrons. The fourth-order valence-corrected chi connectivity index (χ4v) is 3.89. The standard InChI is InChI=1S/C21H16FN3OS/c1-13-7-14-10-24-11-15(14)8-20(13)27-17-4-2-3-16(9-17)25-21(26)18-5-6-23-12-19(18)22/h2-9,11-12H,10H2,1H3,(H,25,26). The number of aryl methyl sites for hydroxylation is 1. The first-order valence-corrected chi connectivity index (χ1v) is 9.24. The van der Waals surface area contributed by atoms with Gasteiger partial charge in [0.15, 0.2) is 5.82 Å². The number of aromatic nitrogens is 1. The number of rotatable bonds is 4. The van der Waals surface area contributed by atoms with Crippen LogP contribution in [0.25, 0.3) is 0 Å². The van der Waals surface area contributed by atoms with Gasteiger partial charge in [0.2, 0.25) is 0 Å². The van der Waals surface area contributed by atoms with Gasteiger partial charge >= 0.3 is 0 Å². The Hall–Kier alpha value is -2.99. The van der Waals surface area contributed by atoms with Crippen LogP contribution in [0.15, 0.2) is 69.6 Å². The molecule has 1 amide bonds. The van der Waals surface area contributed by atoms with Crippen molar-refractivity contribution in [3.8, 4) is 0 Å². The molecule has 2 heterocycles. The molecule has 0 saturated carbocycles. The Balaban J connectivity index is 1.54. The van der Waals surface area contributed by atoms with Gasteiger partial charge in [0.1, 0.15) is 0 Å². The van der Waals surface area contributed by atoms with E-state index in [1.807, 2.05) is 24.4 Å². The Morgan fingerprint density at radius 2 is 2.11 bits per heavy atom. The van der Waals surface area contributed by atoms with Gasteiger partial charge in [-0.2, -0.15) is 0 Å². The van der Waals surface area contributed by atoms with Gasteiger partial charge in [0, 0.05) is 27.9 Å². The smallest absolute Gasteiger partial charge is 0.258 e. The lowest BCUT2D eigenvalue weighted by Gasteiger charge is -2.10. The highest BCUT2D eigenvalue weighted by Gasteiger charge is 2.13. The Kier molecular flexibility index (Phi) is 4.73. The lowest BCUT2D eigenvalue weighted by atomic mass is 10.1. The zero-order valence-electron chi connectivity index (χ0n) is 14.6. The largest absolute Gasteiger partial charge is 0.322 e. The third-order valence-corrected chi connectivity index (χ3v) is 5.41. The molecule has 3 aromatic rings. The summed E-state index contributed by atoms with van der Waals surface area (Å²) in [7, 11) is 0. The van der Waals surface area contributed by atoms with E-state index in [4.69, 9.17) is 0 Å². The van der Waals surface area contributed by atoms with Crippen molar-refractivity contribution >= 4 is 29.6 Å². The maximum absolute atomic E-state index is 13.7. The number of anilines is 1. The van der Waals surface area contributed by atoms with Crippen LogP contribution in [-0.2, 0) is 6.54 Å². The van der Waals surface area contributed by atoms with Crippen LogP contribution in [0.1, 0.15) is 27.0 Å². The van der Waals surface area contributed by atoms with E-state index < -0.39 is 11.7 Å². The summed E-state index contributed by atoms with van der Waals surface area (Å²) >= 11 is 1.62. The van der Waals surface area contributed by atoms with E-state index in [1.54, 1.807) is 17.8 Å². The SMILES string of the molecule is Cc1cc2c(cc1Sc1cccc(NC(=O)c3ccncc3F)c1)C=NC2. The number of fused-ring (bicyclic) bond motifs is 1. The highest BCUT2D eigenvalue weighted by atomic mass is 32.2. The molecule has 1 N–H and O–H groups in total. The van der Waals surface area contributed by atoms with Crippen molar-refractivity contribution in [1.29, 1.82) is 0 Å². The van der Waals surface area contributed by atoms with Gasteiger partial charge in [0.25, 0.3) is 5.91 Å². The summed E-state index contributed by atoms with van der Waals surface area (Å²) in [5.74, 6) is -1.14. The monoisotopic (exact) mass is 377 g/mol. The third-order valence-electron chi connectivity index (χ3n) is 4.27. The van der Waals surface area contributed by atoms with Crippen molar-refractivity contribution in [3.63, 3.8) is 0 Å². The zero-order valence-corrected chi connectivity index (χ0v) is 15.4. The van der Waals surface area contributed by atoms with Crippen LogP contribution < -0.4 is 5.32 Å². The predicted molar refractivity (Wildman–Crippen MR) is 105 cm³/mol. The molecule has 27 heavy (non-hydrogen) atoms. The number of aliphatic imine (C=N–C) groups is 1. The van der Waals surface area contributed by atoms with Gasteiger partial charge in [0.05, 0.1) is 18.3 Å². The number of benzene rings is 2. The second kappa shape index (κ2) is 7.32. The molecule has 0 fully saturated rings. The summed E-state index contributed by atoms with van der Waals surface area (Å²) in [6.45, 7) is 2.83. The number of hydrogen-bond donors (Lipinski definition) is 1. The highest BCUT2D eigenvalue weighted by Crippen LogP contribution is 2.34. The number of hydrogen-bond acceptors (Lipinski definition) is 4. The number of amides is 1. The minimum atomic E-state index is -0.643. The minimum Gasteiger partial charge on any atom is -0.322 e. The summed E-state index contributed by atoms with van der Waals surface area (Å²) < 4.78 is 13.7. The second-order valence-corrected chi connectivity index (χ2v) is 7.34. The topological polar surface area (TPSA) is 54.4 Å². The Labute approximate surface area is 160 Å². The first-order valence-electron chi connectivity index (χ1n) is 8.42. The van der Waals surface area contributed by atoms with Gasteiger partial charge in [-0.15, -0.1) is 0 Å². The summed E-state index contributed by atoms with van der Waals surface area (Å²) in [4.78, 5) is 22.4. The lowest BCUT2D eigenvalue weighted by Crippen LogP contribution is -2.13. The average molecular weight is 377 g/mol. The zero-order chi connectivity index (χ0) is 18.8. The van der Waals surface area contributed by atoms with Crippen LogP contribution in [0.2, 0.25) is 0 Å². The van der Waals surface area contributed by atoms with Crippen LogP contribution in [0.3, 0.4) is 0 Å². The number of nitrogens with zero attached hydrogens (tertiary/aromatic N) is 2. The first-order chi connectivity index (χ1) is 13.1. The number of halogens is 1. The summed E-state index contributed by atoms with van der Waals surface area (Å²) in [6, 6.07) is 13.2. The normalized spacial score (nSPS) is 12.1. The molecule has 0 saturated heterocycles. The molecule has 0 aliphatic carbocycles. The molecule has 1 aliphatic rings. The number of carbonyl (C=O) groups excluding carboxylic acids is 1. The van der Waals surface area contributed by atoms with Gasteiger partial charge in [-0.3, -0.25) is 14.8 Å². The van der Waals surface area contributed by atoms with E-state index in [0.29, 0.717) is 5.69 Å². The van der Waals surface area contributed by atoms with Crippen LogP contribution in [0.4, 0.5) is 10.1 Å². The molecule has 0 atom stereocenters. The second-order valence-electron chi connectivity index (χ2n) is 6.23. The lowest BCUT2D eigenvalue weighted by molar-refractivity contribution is 0.102. The molecule has 0 bridgehead atoms. The number of nitrogens with one attached hydrogen (secondary N) is 1. The molecule has 0 spiro atoms. The fourth-order valence-electron chi connectivity index (χ4n) is 2.90. The van der Waals surface area contributed by atoms with Crippen molar-refractivity contribution < 1.29 is 9.18 Å². The molecule has 1 aliphatic heterocycles. The highest BCUT2D eigenvalue weighted by molar-refractivity contribution is 7.99. The number of carbonyl (C=O) groups is 1. The predicted octanol–water partition coefficient (Wildman–Crippen LogP) is 4.87. The Morgan fingerprint density at radius 1 is 1.22 bits per heavy atom. The van der Waals surface area contributed by atoms with Crippen molar-refractivity contribution in [1.82, 2.24) is 4.98 Å². The van der Waals surface area contributed by atoms with E-state index in [1.165, 1.54) is 23.4 Å². The molecule has 134 valence electrons. The summed E-state index contributed by atoms with van der Waals surface area (Å²) in [5.41, 5.74) is 4.17. The van der Waals surface area contributed by atoms with E-state index in [9.17, 15) is 9.18 Å². The summed E-state index contributed by atoms with van der Waals surface area (Å²) in [5, 5.41) is 2.74. The Bertz CT molecular complexity index is 1070. The maximum atomic E-state index is 13.7. The molecule has 4 rings (SSSR count). The van der Waals surface area contributed by atoms with Crippen LogP contribution in [0.5, 0.6) is 0 Å². The first kappa shape index (κ1) is 17.4. The van der Waals surface area contributed by atoms with Crippen molar-refractivity contribution in [3.05, 3.63) is 82.9 Å². The Morgan fingerprint density at radius 3 is 2.96 bits per heavy atom. The molecular formula is C21H16FN3OS. The van der Waals surface area contributed by atoms with Crippen molar-refractivity contribution in [2.24, 2.45) is 4.99 Å². The van der Waals surface area contributed by atoms with Crippen molar-refractivity contribution in [2.75, 3.05) is 5.32 Å². The molecular weight excluding hydrogens is 361 g/mol. The van der Waals surface area contributed by atoms with Crippen LogP contribution in [-0.4, -0.2) is 17.1 Å². The fraction of sp³-hybridized carbons (Fsp3) is 0.0952. The molecule has 6 heteroatoms. The molecule has 2 aromatic carbocycles. The third kappa shape index (κ3) is 3.75. The van der Waals surface area contributed by atoms with E-state index in [0.717, 1.165) is 28.1 Å². The van der Waals surface area contributed by atoms with E-state index in [2.05, 4.69) is 34.3 Å². The quantitative estimate of drug-likeness (QED) is 0.706. The van der Waals surface area contributed by atoms with E-state index in [-0.39, 0.29) is 5.56 Å². The van der Waals surface area contributed by atoms with Crippen LogP contribution >= 0.6 is 11.8 Å². The van der Waals surface area contributed by atoms with Crippen LogP contribution in [0, 0.1) is 12.7 Å². The van der Waals surface area contributed by atoms with E-state index >= 15 is 0 Å². The summed E-state index contributed by atoms with van der Waals surface area (Å²) in [6.07, 6.45) is 4.32. The van der Waals surface area contributed by atoms with Gasteiger partial charge < -0.3 is 5.32 Å². The molecule has 1 aromatic heterocycles. The average Bonchev–Trinajstić information content (AvgIpc) is 3.09. The maximum Gasteiger partial charge on any atom is 0.258 e. The van der Waals surface area contributed by atoms with Gasteiger partial charge in [-0.1, -0.05) is 23.9 Å².